The van der Waals surface area contributed by atoms with Crippen LogP contribution in [0, 0.1) is 0 Å². The molecule has 8 heavy (non-hydrogen) atoms. The number of hydrogen-bond donors (Lipinski definition) is 0. The van der Waals surface area contributed by atoms with Gasteiger partial charge in [0.2, 0.25) is 0 Å². The molecular formula is C5H8NO2. The van der Waals surface area contributed by atoms with E-state index in [9.17, 15) is 9.90 Å². The van der Waals surface area contributed by atoms with Crippen molar-refractivity contribution in [2.75, 3.05) is 6.54 Å². The van der Waals surface area contributed by atoms with Crippen LogP contribution in [-0.2, 0) is 5.11 Å². The van der Waals surface area contributed by atoms with Crippen LogP contribution >= 0.6 is 0 Å². The Labute approximate surface area is 47.9 Å². The van der Waals surface area contributed by atoms with Crippen molar-refractivity contribution >= 4 is 6.09 Å². The molecule has 0 saturated carbocycles. The molecule has 1 saturated heterocycles. The number of nitrogens with zero attached hydrogens (tertiary/aromatic N) is 1. The highest BCUT2D eigenvalue weighted by Crippen LogP contribution is 2.15. The maximum absolute atomic E-state index is 10.0. The number of carbonyl (C=O) groups is 1. The van der Waals surface area contributed by atoms with Crippen molar-refractivity contribution in [1.82, 2.24) is 4.90 Å². The fourth-order valence-corrected chi connectivity index (χ4v) is 0.788. The van der Waals surface area contributed by atoms with Crippen molar-refractivity contribution in [2.24, 2.45) is 0 Å². The van der Waals surface area contributed by atoms with E-state index in [0.717, 1.165) is 6.42 Å². The molecule has 0 bridgehead atoms. The smallest absolute Gasteiger partial charge is 0.302 e. The first-order valence-electron chi connectivity index (χ1n) is 2.69. The number of likely N-dealkylation sites (tertiary alicyclic amines) is 1. The Bertz CT molecular complexity index is 113. The molecule has 0 aliphatic carbocycles. The standard InChI is InChI=1S/C5H8NO2/c1-4-2-3-6(4)5(7)8/h4H,2-3H2,1H3/t4-/m0/s1. The van der Waals surface area contributed by atoms with Crippen molar-refractivity contribution in [3.63, 3.8) is 0 Å². The van der Waals surface area contributed by atoms with E-state index in [4.69, 9.17) is 0 Å². The van der Waals surface area contributed by atoms with Crippen LogP contribution in [0.2, 0.25) is 0 Å². The summed E-state index contributed by atoms with van der Waals surface area (Å²) < 4.78 is 0. The topological polar surface area (TPSA) is 40.2 Å². The summed E-state index contributed by atoms with van der Waals surface area (Å²) in [5.74, 6) is 0. The van der Waals surface area contributed by atoms with Gasteiger partial charge in [-0.05, 0) is 13.3 Å². The molecule has 1 radical (unpaired) electrons. The maximum atomic E-state index is 10.0. The SMILES string of the molecule is C[C@H]1CCN1C([O])=O. The van der Waals surface area contributed by atoms with Crippen LogP contribution in [0.3, 0.4) is 0 Å². The molecule has 0 spiro atoms. The first-order chi connectivity index (χ1) is 3.72. The number of rotatable bonds is 0. The molecule has 3 nitrogen and oxygen atoms in total. The van der Waals surface area contributed by atoms with Crippen LogP contribution in [0.1, 0.15) is 13.3 Å². The van der Waals surface area contributed by atoms with Crippen LogP contribution in [-0.4, -0.2) is 23.6 Å². The predicted octanol–water partition coefficient (Wildman–Crippen LogP) is 0.631. The highest BCUT2D eigenvalue weighted by molar-refractivity contribution is 5.65. The summed E-state index contributed by atoms with van der Waals surface area (Å²) in [6, 6.07) is 0.194. The van der Waals surface area contributed by atoms with E-state index >= 15 is 0 Å². The fraction of sp³-hybridized carbons (Fsp3) is 0.800. The lowest BCUT2D eigenvalue weighted by molar-refractivity contribution is 0.0645. The second-order valence-corrected chi connectivity index (χ2v) is 2.10. The Kier molecular flexibility index (Phi) is 1.12. The largest absolute Gasteiger partial charge is 0.453 e. The maximum Gasteiger partial charge on any atom is 0.453 e. The van der Waals surface area contributed by atoms with Crippen LogP contribution in [0.5, 0.6) is 0 Å². The van der Waals surface area contributed by atoms with E-state index in [1.54, 1.807) is 0 Å². The van der Waals surface area contributed by atoms with Crippen LogP contribution in [0.15, 0.2) is 0 Å². The lowest BCUT2D eigenvalue weighted by Crippen LogP contribution is -2.48. The van der Waals surface area contributed by atoms with E-state index < -0.39 is 6.09 Å². The van der Waals surface area contributed by atoms with Gasteiger partial charge in [0.25, 0.3) is 0 Å². The molecule has 1 atom stereocenters. The highest BCUT2D eigenvalue weighted by Gasteiger charge is 2.28. The van der Waals surface area contributed by atoms with Gasteiger partial charge < -0.3 is 4.90 Å². The summed E-state index contributed by atoms with van der Waals surface area (Å²) in [7, 11) is 0. The van der Waals surface area contributed by atoms with Gasteiger partial charge in [-0.15, -0.1) is 0 Å². The Morgan fingerprint density at radius 3 is 2.38 bits per heavy atom. The third-order valence-electron chi connectivity index (χ3n) is 1.55. The first-order valence-corrected chi connectivity index (χ1v) is 2.69. The van der Waals surface area contributed by atoms with E-state index in [1.807, 2.05) is 6.92 Å². The van der Waals surface area contributed by atoms with Gasteiger partial charge in [-0.3, -0.25) is 0 Å². The summed E-state index contributed by atoms with van der Waals surface area (Å²) in [6.45, 7) is 2.53. The van der Waals surface area contributed by atoms with Crippen molar-refractivity contribution < 1.29 is 9.90 Å². The van der Waals surface area contributed by atoms with E-state index in [-0.39, 0.29) is 6.04 Å². The highest BCUT2D eigenvalue weighted by atomic mass is 16.4. The molecule has 45 valence electrons. The molecule has 0 unspecified atom stereocenters. The van der Waals surface area contributed by atoms with Gasteiger partial charge in [0.1, 0.15) is 0 Å². The molecule has 0 aromatic rings. The Morgan fingerprint density at radius 1 is 1.75 bits per heavy atom. The molecule has 1 aliphatic heterocycles. The third kappa shape index (κ3) is 0.638. The Balaban J connectivity index is 2.37. The second-order valence-electron chi connectivity index (χ2n) is 2.10. The van der Waals surface area contributed by atoms with Crippen molar-refractivity contribution in [1.29, 1.82) is 0 Å². The van der Waals surface area contributed by atoms with Gasteiger partial charge in [0.05, 0.1) is 0 Å². The van der Waals surface area contributed by atoms with Crippen molar-refractivity contribution in [2.45, 2.75) is 19.4 Å². The van der Waals surface area contributed by atoms with Crippen molar-refractivity contribution in [3.05, 3.63) is 0 Å². The predicted molar refractivity (Wildman–Crippen MR) is 26.9 cm³/mol. The monoisotopic (exact) mass is 114 g/mol. The summed E-state index contributed by atoms with van der Waals surface area (Å²) in [5.41, 5.74) is 0. The minimum Gasteiger partial charge on any atom is -0.302 e. The molecule has 1 aliphatic rings. The molecular weight excluding hydrogens is 106 g/mol. The molecule has 3 heteroatoms. The van der Waals surface area contributed by atoms with Crippen LogP contribution < -0.4 is 0 Å². The fourth-order valence-electron chi connectivity index (χ4n) is 0.788. The lowest BCUT2D eigenvalue weighted by Gasteiger charge is -2.34. The summed E-state index contributed by atoms with van der Waals surface area (Å²) in [6.07, 6.45) is -0.0581. The molecule has 1 rings (SSSR count). The zero-order valence-corrected chi connectivity index (χ0v) is 4.76. The quantitative estimate of drug-likeness (QED) is 0.455. The van der Waals surface area contributed by atoms with Crippen LogP contribution in [0.4, 0.5) is 4.79 Å². The molecule has 0 N–H and O–H groups in total. The number of carbonyl (C=O) groups excluding carboxylic acids is 1. The van der Waals surface area contributed by atoms with Crippen molar-refractivity contribution in [3.8, 4) is 0 Å². The van der Waals surface area contributed by atoms with Gasteiger partial charge in [-0.2, -0.15) is 0 Å². The summed E-state index contributed by atoms with van der Waals surface area (Å²) in [4.78, 5) is 11.3. The molecule has 1 heterocycles. The summed E-state index contributed by atoms with van der Waals surface area (Å²) in [5, 5.41) is 10.0. The van der Waals surface area contributed by atoms with Gasteiger partial charge in [-0.25, -0.2) is 9.90 Å². The van der Waals surface area contributed by atoms with Gasteiger partial charge in [0, 0.05) is 12.6 Å². The normalized spacial score (nSPS) is 27.1. The zero-order valence-electron chi connectivity index (χ0n) is 4.76. The second kappa shape index (κ2) is 1.65. The average molecular weight is 114 g/mol. The molecule has 1 fully saturated rings. The Morgan fingerprint density at radius 2 is 2.38 bits per heavy atom. The third-order valence-corrected chi connectivity index (χ3v) is 1.55. The van der Waals surface area contributed by atoms with Gasteiger partial charge in [0.15, 0.2) is 0 Å². The average Bonchev–Trinajstić information content (AvgIpc) is 1.61. The minimum atomic E-state index is -1.04. The lowest BCUT2D eigenvalue weighted by atomic mass is 10.1. The number of hydrogen-bond acceptors (Lipinski definition) is 1. The molecule has 1 amide bonds. The Hall–Kier alpha value is -0.730. The van der Waals surface area contributed by atoms with Crippen LogP contribution in [0.25, 0.3) is 0 Å². The number of amides is 1. The van der Waals surface area contributed by atoms with E-state index in [1.165, 1.54) is 4.90 Å². The van der Waals surface area contributed by atoms with E-state index in [0.29, 0.717) is 6.54 Å². The molecule has 0 aromatic heterocycles. The summed E-state index contributed by atoms with van der Waals surface area (Å²) >= 11 is 0. The molecule has 0 aromatic carbocycles. The minimum absolute atomic E-state index is 0.194. The van der Waals surface area contributed by atoms with Gasteiger partial charge in [-0.1, -0.05) is 0 Å². The first kappa shape index (κ1) is 5.41. The zero-order chi connectivity index (χ0) is 6.15. The van der Waals surface area contributed by atoms with Gasteiger partial charge >= 0.3 is 6.09 Å². The van der Waals surface area contributed by atoms with E-state index in [2.05, 4.69) is 0 Å².